The zero-order valence-corrected chi connectivity index (χ0v) is 20.2. The number of halogens is 2. The summed E-state index contributed by atoms with van der Waals surface area (Å²) >= 11 is 5.72. The number of carboxylic acid groups (broad SMARTS) is 1. The SMILES string of the molecule is C=C(/C(=C\C=C/Cl)c1nc2cc(F)c(OC)cc2[nH]1)c1ccc(C(=O)NCC(C)C)cc1C(=O)O. The van der Waals surface area contributed by atoms with Gasteiger partial charge in [-0.05, 0) is 35.3 Å². The molecule has 3 N–H and O–H groups in total. The van der Waals surface area contributed by atoms with Gasteiger partial charge in [-0.2, -0.15) is 0 Å². The number of ether oxygens (including phenoxy) is 1. The molecule has 182 valence electrons. The Labute approximate surface area is 207 Å². The first kappa shape index (κ1) is 25.7. The van der Waals surface area contributed by atoms with Gasteiger partial charge in [0.2, 0.25) is 0 Å². The van der Waals surface area contributed by atoms with Crippen LogP contribution >= 0.6 is 11.6 Å². The molecule has 0 spiro atoms. The zero-order valence-electron chi connectivity index (χ0n) is 19.5. The molecule has 1 amide bonds. The van der Waals surface area contributed by atoms with Crippen LogP contribution in [0.5, 0.6) is 5.75 Å². The molecule has 0 aliphatic heterocycles. The van der Waals surface area contributed by atoms with Crippen LogP contribution in [0.25, 0.3) is 22.2 Å². The third kappa shape index (κ3) is 5.78. The van der Waals surface area contributed by atoms with Gasteiger partial charge in [0, 0.05) is 35.3 Å². The summed E-state index contributed by atoms with van der Waals surface area (Å²) < 4.78 is 19.2. The fourth-order valence-corrected chi connectivity index (χ4v) is 3.49. The van der Waals surface area contributed by atoms with Crippen LogP contribution in [0.2, 0.25) is 0 Å². The number of aromatic nitrogens is 2. The molecular formula is C26H25ClFN3O4. The quantitative estimate of drug-likeness (QED) is 0.332. The second kappa shape index (κ2) is 11.0. The largest absolute Gasteiger partial charge is 0.494 e. The topological polar surface area (TPSA) is 104 Å². The standard InChI is InChI=1S/C26H25ClFN3O4/c1-14(2)13-29-25(32)16-7-8-17(19(10-16)26(33)34)15(3)18(6-5-9-27)24-30-21-11-20(28)23(35-4)12-22(21)31-24/h5-12,14H,3,13H2,1-2,4H3,(H,29,32)(H,30,31)(H,33,34)/b9-5-,18-6+. The molecule has 3 aromatic rings. The summed E-state index contributed by atoms with van der Waals surface area (Å²) in [5.41, 5.74) is 3.30. The molecule has 0 fully saturated rings. The number of hydrogen-bond donors (Lipinski definition) is 3. The van der Waals surface area contributed by atoms with E-state index in [4.69, 9.17) is 16.3 Å². The molecule has 0 aliphatic rings. The molecule has 0 saturated carbocycles. The Bertz CT molecular complexity index is 1360. The van der Waals surface area contributed by atoms with Crippen LogP contribution in [0.1, 0.15) is 46.0 Å². The van der Waals surface area contributed by atoms with E-state index in [0.29, 0.717) is 34.5 Å². The predicted octanol–water partition coefficient (Wildman–Crippen LogP) is 5.64. The number of methoxy groups -OCH3 is 1. The maximum atomic E-state index is 14.2. The summed E-state index contributed by atoms with van der Waals surface area (Å²) in [6, 6.07) is 7.09. The lowest BCUT2D eigenvalue weighted by Crippen LogP contribution is -2.27. The lowest BCUT2D eigenvalue weighted by atomic mass is 9.92. The van der Waals surface area contributed by atoms with Gasteiger partial charge in [0.25, 0.3) is 5.91 Å². The van der Waals surface area contributed by atoms with Gasteiger partial charge in [-0.15, -0.1) is 0 Å². The van der Waals surface area contributed by atoms with Crippen LogP contribution in [-0.4, -0.2) is 40.6 Å². The number of H-pyrrole nitrogens is 1. The van der Waals surface area contributed by atoms with Crippen molar-refractivity contribution >= 4 is 45.7 Å². The van der Waals surface area contributed by atoms with Crippen molar-refractivity contribution in [1.29, 1.82) is 0 Å². The van der Waals surface area contributed by atoms with E-state index in [2.05, 4.69) is 21.9 Å². The highest BCUT2D eigenvalue weighted by Crippen LogP contribution is 2.33. The third-order valence-corrected chi connectivity index (χ3v) is 5.32. The molecule has 7 nitrogen and oxygen atoms in total. The van der Waals surface area contributed by atoms with E-state index in [1.54, 1.807) is 6.08 Å². The molecule has 0 aliphatic carbocycles. The van der Waals surface area contributed by atoms with Crippen molar-refractivity contribution < 1.29 is 23.8 Å². The second-order valence-corrected chi connectivity index (χ2v) is 8.39. The average molecular weight is 498 g/mol. The lowest BCUT2D eigenvalue weighted by molar-refractivity contribution is 0.0696. The summed E-state index contributed by atoms with van der Waals surface area (Å²) in [5.74, 6) is -1.53. The maximum absolute atomic E-state index is 14.2. The normalized spacial score (nSPS) is 11.9. The number of fused-ring (bicyclic) bond motifs is 1. The van der Waals surface area contributed by atoms with Crippen molar-refractivity contribution in [3.8, 4) is 5.75 Å². The molecule has 0 saturated heterocycles. The Balaban J connectivity index is 2.07. The zero-order chi connectivity index (χ0) is 25.7. The highest BCUT2D eigenvalue weighted by atomic mass is 35.5. The van der Waals surface area contributed by atoms with Crippen molar-refractivity contribution in [3.05, 3.63) is 82.9 Å². The summed E-state index contributed by atoms with van der Waals surface area (Å²) in [4.78, 5) is 32.1. The van der Waals surface area contributed by atoms with E-state index in [1.807, 2.05) is 13.8 Å². The van der Waals surface area contributed by atoms with Crippen LogP contribution in [0.3, 0.4) is 0 Å². The van der Waals surface area contributed by atoms with Gasteiger partial charge in [0.05, 0.1) is 23.7 Å². The number of imidazole rings is 1. The molecule has 1 heterocycles. The minimum Gasteiger partial charge on any atom is -0.494 e. The maximum Gasteiger partial charge on any atom is 0.336 e. The average Bonchev–Trinajstić information content (AvgIpc) is 3.23. The van der Waals surface area contributed by atoms with Gasteiger partial charge in [-0.1, -0.05) is 44.2 Å². The fourth-order valence-electron chi connectivity index (χ4n) is 3.42. The number of amides is 1. The first-order chi connectivity index (χ1) is 16.7. The van der Waals surface area contributed by atoms with Crippen LogP contribution in [0, 0.1) is 11.7 Å². The van der Waals surface area contributed by atoms with E-state index in [9.17, 15) is 19.1 Å². The number of carboxylic acids is 1. The number of rotatable bonds is 9. The molecule has 0 atom stereocenters. The van der Waals surface area contributed by atoms with Crippen molar-refractivity contribution in [3.63, 3.8) is 0 Å². The number of allylic oxidation sites excluding steroid dienone is 4. The predicted molar refractivity (Wildman–Crippen MR) is 135 cm³/mol. The van der Waals surface area contributed by atoms with E-state index in [-0.39, 0.29) is 34.3 Å². The smallest absolute Gasteiger partial charge is 0.336 e. The monoisotopic (exact) mass is 497 g/mol. The van der Waals surface area contributed by atoms with Crippen LogP contribution in [0.4, 0.5) is 4.39 Å². The Kier molecular flexibility index (Phi) is 8.09. The number of benzene rings is 2. The molecular weight excluding hydrogens is 473 g/mol. The number of aromatic amines is 1. The minimum atomic E-state index is -1.22. The van der Waals surface area contributed by atoms with Gasteiger partial charge in [-0.3, -0.25) is 4.79 Å². The molecule has 2 aromatic carbocycles. The summed E-state index contributed by atoms with van der Waals surface area (Å²) in [7, 11) is 1.36. The Morgan fingerprint density at radius 1 is 1.29 bits per heavy atom. The van der Waals surface area contributed by atoms with Crippen LogP contribution in [0.15, 0.2) is 54.6 Å². The molecule has 9 heteroatoms. The second-order valence-electron chi connectivity index (χ2n) is 8.14. The lowest BCUT2D eigenvalue weighted by Gasteiger charge is -2.14. The number of nitrogens with one attached hydrogen (secondary N) is 2. The van der Waals surface area contributed by atoms with Crippen LogP contribution < -0.4 is 10.1 Å². The van der Waals surface area contributed by atoms with Crippen molar-refractivity contribution in [2.45, 2.75) is 13.8 Å². The summed E-state index contributed by atoms with van der Waals surface area (Å²) in [6.45, 7) is 8.47. The Morgan fingerprint density at radius 2 is 2.03 bits per heavy atom. The van der Waals surface area contributed by atoms with Crippen molar-refractivity contribution in [1.82, 2.24) is 15.3 Å². The van der Waals surface area contributed by atoms with Gasteiger partial charge in [0.1, 0.15) is 5.82 Å². The van der Waals surface area contributed by atoms with Gasteiger partial charge >= 0.3 is 5.97 Å². The Morgan fingerprint density at radius 3 is 2.66 bits per heavy atom. The van der Waals surface area contributed by atoms with Crippen LogP contribution in [-0.2, 0) is 0 Å². The van der Waals surface area contributed by atoms with E-state index in [0.717, 1.165) is 0 Å². The fraction of sp³-hybridized carbons (Fsp3) is 0.192. The molecule has 35 heavy (non-hydrogen) atoms. The van der Waals surface area contributed by atoms with E-state index < -0.39 is 11.8 Å². The van der Waals surface area contributed by atoms with Gasteiger partial charge in [0.15, 0.2) is 11.6 Å². The number of carbonyl (C=O) groups is 2. The molecule has 0 radical (unpaired) electrons. The van der Waals surface area contributed by atoms with E-state index in [1.165, 1.54) is 49.1 Å². The van der Waals surface area contributed by atoms with E-state index >= 15 is 0 Å². The number of carbonyl (C=O) groups excluding carboxylic acids is 1. The third-order valence-electron chi connectivity index (χ3n) is 5.18. The molecule has 3 rings (SSSR count). The Hall–Kier alpha value is -3.91. The summed E-state index contributed by atoms with van der Waals surface area (Å²) in [6.07, 6.45) is 3.14. The van der Waals surface area contributed by atoms with Crippen molar-refractivity contribution in [2.75, 3.05) is 13.7 Å². The highest BCUT2D eigenvalue weighted by Gasteiger charge is 2.21. The highest BCUT2D eigenvalue weighted by molar-refractivity contribution is 6.25. The minimum absolute atomic E-state index is 0.0530. The first-order valence-corrected chi connectivity index (χ1v) is 11.2. The number of aromatic carboxylic acids is 1. The number of hydrogen-bond acceptors (Lipinski definition) is 4. The molecule has 0 bridgehead atoms. The first-order valence-electron chi connectivity index (χ1n) is 10.7. The number of nitrogens with zero attached hydrogens (tertiary/aromatic N) is 1. The van der Waals surface area contributed by atoms with Crippen molar-refractivity contribution in [2.24, 2.45) is 5.92 Å². The molecule has 1 aromatic heterocycles. The van der Waals surface area contributed by atoms with Gasteiger partial charge in [-0.25, -0.2) is 14.2 Å². The summed E-state index contributed by atoms with van der Waals surface area (Å²) in [5, 5.41) is 12.6. The van der Waals surface area contributed by atoms with Gasteiger partial charge < -0.3 is 20.1 Å². The molecule has 0 unspecified atom stereocenters.